The minimum Gasteiger partial charge on any atom is -0.342 e. The highest BCUT2D eigenvalue weighted by Gasteiger charge is 2.14. The number of hydrogen-bond donors (Lipinski definition) is 1. The van der Waals surface area contributed by atoms with Crippen LogP contribution >= 0.6 is 0 Å². The molecule has 2 aromatic rings. The van der Waals surface area contributed by atoms with Crippen molar-refractivity contribution in [3.05, 3.63) is 54.5 Å². The predicted molar refractivity (Wildman–Crippen MR) is 69.8 cm³/mol. The summed E-state index contributed by atoms with van der Waals surface area (Å²) in [5, 5.41) is 0. The molecule has 3 rings (SSSR count). The third kappa shape index (κ3) is 2.16. The van der Waals surface area contributed by atoms with Crippen molar-refractivity contribution in [3.8, 4) is 11.3 Å². The summed E-state index contributed by atoms with van der Waals surface area (Å²) in [6.07, 6.45) is 10.2. The molecule has 86 valence electrons. The number of hydrogen-bond acceptors (Lipinski definition) is 1. The van der Waals surface area contributed by atoms with Gasteiger partial charge in [0.2, 0.25) is 0 Å². The summed E-state index contributed by atoms with van der Waals surface area (Å²) in [5.74, 6) is 1.57. The van der Waals surface area contributed by atoms with Crippen molar-refractivity contribution in [2.75, 3.05) is 0 Å². The molecular formula is C15H16N2. The van der Waals surface area contributed by atoms with Crippen molar-refractivity contribution >= 4 is 0 Å². The minimum atomic E-state index is 0.473. The number of H-pyrrole nitrogens is 1. The SMILES string of the molecule is C1=CC(c2ncc(-c3ccccc3)[nH]2)CCC1. The molecule has 0 fully saturated rings. The number of allylic oxidation sites excluding steroid dienone is 2. The van der Waals surface area contributed by atoms with Gasteiger partial charge in [0, 0.05) is 5.92 Å². The number of benzene rings is 1. The largest absolute Gasteiger partial charge is 0.342 e. The summed E-state index contributed by atoms with van der Waals surface area (Å²) in [7, 11) is 0. The van der Waals surface area contributed by atoms with E-state index in [1.807, 2.05) is 12.3 Å². The number of aromatic amines is 1. The molecule has 1 aromatic carbocycles. The molecule has 2 heteroatoms. The van der Waals surface area contributed by atoms with Crippen LogP contribution in [0.3, 0.4) is 0 Å². The Hall–Kier alpha value is -1.83. The molecule has 1 aromatic heterocycles. The Kier molecular flexibility index (Phi) is 2.78. The first-order valence-corrected chi connectivity index (χ1v) is 6.20. The first-order chi connectivity index (χ1) is 8.43. The molecule has 0 saturated carbocycles. The zero-order valence-electron chi connectivity index (χ0n) is 9.76. The van der Waals surface area contributed by atoms with Crippen molar-refractivity contribution in [1.82, 2.24) is 9.97 Å². The van der Waals surface area contributed by atoms with E-state index >= 15 is 0 Å². The monoisotopic (exact) mass is 224 g/mol. The van der Waals surface area contributed by atoms with Crippen LogP contribution < -0.4 is 0 Å². The minimum absolute atomic E-state index is 0.473. The Morgan fingerprint density at radius 1 is 1.18 bits per heavy atom. The van der Waals surface area contributed by atoms with Crippen LogP contribution in [0.5, 0.6) is 0 Å². The van der Waals surface area contributed by atoms with Gasteiger partial charge in [0.25, 0.3) is 0 Å². The average Bonchev–Trinajstić information content (AvgIpc) is 2.90. The average molecular weight is 224 g/mol. The van der Waals surface area contributed by atoms with E-state index in [9.17, 15) is 0 Å². The standard InChI is InChI=1S/C15H16N2/c1-3-7-12(8-4-1)14-11-16-15(17-14)13-9-5-2-6-10-13/h1,3-5,7-9,11,13H,2,6,10H2,(H,16,17). The number of nitrogens with zero attached hydrogens (tertiary/aromatic N) is 1. The molecule has 2 nitrogen and oxygen atoms in total. The fourth-order valence-electron chi connectivity index (χ4n) is 2.33. The van der Waals surface area contributed by atoms with Gasteiger partial charge in [-0.2, -0.15) is 0 Å². The molecule has 17 heavy (non-hydrogen) atoms. The second-order valence-electron chi connectivity index (χ2n) is 4.51. The van der Waals surface area contributed by atoms with Gasteiger partial charge in [0.05, 0.1) is 11.9 Å². The summed E-state index contributed by atoms with van der Waals surface area (Å²) >= 11 is 0. The van der Waals surface area contributed by atoms with Crippen LogP contribution in [0.2, 0.25) is 0 Å². The predicted octanol–water partition coefficient (Wildman–Crippen LogP) is 3.90. The van der Waals surface area contributed by atoms with Crippen molar-refractivity contribution < 1.29 is 0 Å². The van der Waals surface area contributed by atoms with E-state index in [1.54, 1.807) is 0 Å². The molecule has 1 aliphatic carbocycles. The van der Waals surface area contributed by atoms with Gasteiger partial charge in [-0.1, -0.05) is 42.5 Å². The van der Waals surface area contributed by atoms with Crippen LogP contribution in [0.15, 0.2) is 48.7 Å². The van der Waals surface area contributed by atoms with E-state index in [2.05, 4.69) is 46.4 Å². The molecule has 0 bridgehead atoms. The lowest BCUT2D eigenvalue weighted by molar-refractivity contribution is 0.631. The Labute approximate surface area is 101 Å². The molecule has 1 N–H and O–H groups in total. The highest BCUT2D eigenvalue weighted by molar-refractivity contribution is 5.58. The van der Waals surface area contributed by atoms with Crippen molar-refractivity contribution in [2.45, 2.75) is 25.2 Å². The van der Waals surface area contributed by atoms with Gasteiger partial charge in [-0.3, -0.25) is 0 Å². The van der Waals surface area contributed by atoms with Gasteiger partial charge < -0.3 is 4.98 Å². The number of nitrogens with one attached hydrogen (secondary N) is 1. The summed E-state index contributed by atoms with van der Waals surface area (Å²) in [6, 6.07) is 10.3. The van der Waals surface area contributed by atoms with Crippen LogP contribution in [0.25, 0.3) is 11.3 Å². The molecule has 1 aliphatic rings. The van der Waals surface area contributed by atoms with E-state index in [-0.39, 0.29) is 0 Å². The molecule has 0 saturated heterocycles. The molecule has 0 amide bonds. The fourth-order valence-corrected chi connectivity index (χ4v) is 2.33. The van der Waals surface area contributed by atoms with E-state index < -0.39 is 0 Å². The van der Waals surface area contributed by atoms with Crippen molar-refractivity contribution in [3.63, 3.8) is 0 Å². The lowest BCUT2D eigenvalue weighted by atomic mass is 9.95. The van der Waals surface area contributed by atoms with Gasteiger partial charge in [0.1, 0.15) is 5.82 Å². The van der Waals surface area contributed by atoms with Crippen LogP contribution in [0, 0.1) is 0 Å². The first kappa shape index (κ1) is 10.3. The molecule has 0 spiro atoms. The summed E-state index contributed by atoms with van der Waals surface area (Å²) in [6.45, 7) is 0. The Morgan fingerprint density at radius 2 is 2.06 bits per heavy atom. The maximum Gasteiger partial charge on any atom is 0.113 e. The van der Waals surface area contributed by atoms with E-state index in [0.29, 0.717) is 5.92 Å². The zero-order valence-corrected chi connectivity index (χ0v) is 9.76. The van der Waals surface area contributed by atoms with Crippen LogP contribution in [0.1, 0.15) is 31.0 Å². The second kappa shape index (κ2) is 4.58. The molecule has 1 atom stereocenters. The van der Waals surface area contributed by atoms with Gasteiger partial charge in [-0.05, 0) is 24.8 Å². The zero-order chi connectivity index (χ0) is 11.5. The maximum absolute atomic E-state index is 4.51. The molecule has 0 radical (unpaired) electrons. The topological polar surface area (TPSA) is 28.7 Å². The van der Waals surface area contributed by atoms with Gasteiger partial charge in [0.15, 0.2) is 0 Å². The highest BCUT2D eigenvalue weighted by atomic mass is 14.9. The van der Waals surface area contributed by atoms with Gasteiger partial charge in [-0.15, -0.1) is 0 Å². The normalized spacial score (nSPS) is 19.4. The smallest absolute Gasteiger partial charge is 0.113 e. The lowest BCUT2D eigenvalue weighted by Crippen LogP contribution is -2.01. The van der Waals surface area contributed by atoms with Crippen LogP contribution in [-0.4, -0.2) is 9.97 Å². The van der Waals surface area contributed by atoms with E-state index in [4.69, 9.17) is 0 Å². The third-order valence-corrected chi connectivity index (χ3v) is 3.29. The van der Waals surface area contributed by atoms with E-state index in [0.717, 1.165) is 11.5 Å². The molecule has 0 aliphatic heterocycles. The maximum atomic E-state index is 4.51. The molecule has 1 unspecified atom stereocenters. The van der Waals surface area contributed by atoms with Crippen LogP contribution in [0.4, 0.5) is 0 Å². The van der Waals surface area contributed by atoms with Gasteiger partial charge in [-0.25, -0.2) is 4.98 Å². The van der Waals surface area contributed by atoms with E-state index in [1.165, 1.54) is 24.8 Å². The number of aromatic nitrogens is 2. The summed E-state index contributed by atoms with van der Waals surface area (Å²) in [4.78, 5) is 7.95. The highest BCUT2D eigenvalue weighted by Crippen LogP contribution is 2.27. The second-order valence-corrected chi connectivity index (χ2v) is 4.51. The fraction of sp³-hybridized carbons (Fsp3) is 0.267. The lowest BCUT2D eigenvalue weighted by Gasteiger charge is -2.13. The number of imidazole rings is 1. The summed E-state index contributed by atoms with van der Waals surface area (Å²) < 4.78 is 0. The van der Waals surface area contributed by atoms with Crippen LogP contribution in [-0.2, 0) is 0 Å². The van der Waals surface area contributed by atoms with Gasteiger partial charge >= 0.3 is 0 Å². The quantitative estimate of drug-likeness (QED) is 0.770. The Balaban J connectivity index is 1.88. The summed E-state index contributed by atoms with van der Waals surface area (Å²) in [5.41, 5.74) is 2.31. The Morgan fingerprint density at radius 3 is 2.82 bits per heavy atom. The molecule has 1 heterocycles. The third-order valence-electron chi connectivity index (χ3n) is 3.29. The molecular weight excluding hydrogens is 208 g/mol. The van der Waals surface area contributed by atoms with Crippen molar-refractivity contribution in [2.24, 2.45) is 0 Å². The van der Waals surface area contributed by atoms with Crippen molar-refractivity contribution in [1.29, 1.82) is 0 Å². The number of rotatable bonds is 2. The first-order valence-electron chi connectivity index (χ1n) is 6.20. The Bertz CT molecular complexity index is 511.